The molecule has 0 rings (SSSR count). The molecule has 0 saturated heterocycles. The maximum Gasteiger partial charge on any atom is 1.00 e. The number of hydrogen-bond donors (Lipinski definition) is 7. The van der Waals surface area contributed by atoms with E-state index in [1.807, 2.05) is 0 Å². The van der Waals surface area contributed by atoms with Crippen LogP contribution in [-0.2, 0) is 10.4 Å². The molecule has 0 aliphatic heterocycles. The van der Waals surface area contributed by atoms with Gasteiger partial charge in [0.1, 0.15) is 0 Å². The van der Waals surface area contributed by atoms with E-state index >= 15 is 0 Å². The van der Waals surface area contributed by atoms with Gasteiger partial charge in [0.15, 0.2) is 0 Å². The second kappa shape index (κ2) is 131. The number of rotatable bonds is 70. The molecule has 0 radical (unpaired) electrons. The van der Waals surface area contributed by atoms with Crippen LogP contribution in [0.4, 0.5) is 0 Å². The predicted molar refractivity (Wildman–Crippen MR) is 423 cm³/mol. The van der Waals surface area contributed by atoms with Gasteiger partial charge in [0.2, 0.25) is 0 Å². The van der Waals surface area contributed by atoms with E-state index in [9.17, 15) is 0 Å². The third-order valence-electron chi connectivity index (χ3n) is 17.6. The molecule has 0 unspecified atom stereocenters. The summed E-state index contributed by atoms with van der Waals surface area (Å²) in [6.45, 7) is 18.4. The van der Waals surface area contributed by atoms with Gasteiger partial charge < -0.3 is 44.9 Å². The zero-order valence-corrected chi connectivity index (χ0v) is 73.4. The van der Waals surface area contributed by atoms with Crippen molar-refractivity contribution in [3.05, 3.63) is 0 Å². The smallest absolute Gasteiger partial charge is 0.759 e. The summed E-state index contributed by atoms with van der Waals surface area (Å²) in [5.41, 5.74) is 0. The number of unbranched alkanes of at least 4 members (excludes halogenated alkanes) is 63. The minimum Gasteiger partial charge on any atom is -0.759 e. The van der Waals surface area contributed by atoms with Gasteiger partial charge in [-0.25, -0.2) is 0 Å². The summed E-state index contributed by atoms with van der Waals surface area (Å²) in [4.78, 5) is 0. The first kappa shape index (κ1) is 121. The van der Waals surface area contributed by atoms with Crippen LogP contribution < -0.4 is 59.1 Å². The van der Waals surface area contributed by atoms with Crippen LogP contribution in [0, 0.1) is 0 Å². The Morgan fingerprint density at radius 1 is 0.153 bits per heavy atom. The molecule has 0 aromatic rings. The standard InChI is InChI=1S/7C12H26O.2Na.H2O4S/c7*1-2-3-4-5-6-7-8-9-10-11-12-13;;;1-5(2,3)4/h7*13H,2-12H2,1H3;;;(H2,1,2,3,4)/q;;;;;;;2*+1;/p-2. The van der Waals surface area contributed by atoms with Crippen molar-refractivity contribution in [2.75, 3.05) is 46.2 Å². The van der Waals surface area contributed by atoms with Gasteiger partial charge >= 0.3 is 59.1 Å². The molecule has 0 aliphatic rings. The largest absolute Gasteiger partial charge is 1.00 e. The van der Waals surface area contributed by atoms with Crippen molar-refractivity contribution in [2.45, 2.75) is 498 Å². The maximum absolute atomic E-state index is 8.57. The summed E-state index contributed by atoms with van der Waals surface area (Å²) in [5.74, 6) is 0. The first-order valence-electron chi connectivity index (χ1n) is 42.8. The first-order valence-corrected chi connectivity index (χ1v) is 44.2. The Kier molecular flexibility index (Phi) is 161. The minimum absolute atomic E-state index is 0. The fourth-order valence-corrected chi connectivity index (χ4v) is 11.2. The summed E-state index contributed by atoms with van der Waals surface area (Å²) in [6, 6.07) is 0. The molecular formula is C84H182Na2O11S. The molecule has 0 fully saturated rings. The molecule has 0 aromatic heterocycles. The number of hydrogen-bond acceptors (Lipinski definition) is 11. The Morgan fingerprint density at radius 3 is 0.255 bits per heavy atom. The van der Waals surface area contributed by atoms with E-state index in [4.69, 9.17) is 53.3 Å². The molecule has 0 saturated carbocycles. The molecule has 0 bridgehead atoms. The Hall–Kier alpha value is 1.59. The molecule has 11 nitrogen and oxygen atoms in total. The molecular weight excluding hydrogens is 1260 g/mol. The molecule has 14 heteroatoms. The van der Waals surface area contributed by atoms with Crippen LogP contribution in [0.2, 0.25) is 0 Å². The van der Waals surface area contributed by atoms with Gasteiger partial charge in [-0.15, -0.1) is 0 Å². The van der Waals surface area contributed by atoms with Gasteiger partial charge in [0.05, 0.1) is 0 Å². The predicted octanol–water partition coefficient (Wildman–Crippen LogP) is 20.0. The van der Waals surface area contributed by atoms with E-state index in [1.165, 1.54) is 405 Å². The molecule has 0 amide bonds. The third-order valence-corrected chi connectivity index (χ3v) is 17.6. The van der Waals surface area contributed by atoms with E-state index in [0.717, 1.165) is 44.9 Å². The average Bonchev–Trinajstić information content (AvgIpc) is 3.59. The van der Waals surface area contributed by atoms with E-state index in [-0.39, 0.29) is 59.1 Å². The van der Waals surface area contributed by atoms with E-state index in [2.05, 4.69) is 48.5 Å². The minimum atomic E-state index is -5.17. The van der Waals surface area contributed by atoms with Crippen LogP contribution in [0.15, 0.2) is 0 Å². The van der Waals surface area contributed by atoms with Crippen molar-refractivity contribution in [3.8, 4) is 0 Å². The zero-order valence-electron chi connectivity index (χ0n) is 68.6. The summed E-state index contributed by atoms with van der Waals surface area (Å²) in [5, 5.41) is 60.0. The fourth-order valence-electron chi connectivity index (χ4n) is 11.2. The molecule has 592 valence electrons. The molecule has 7 N–H and O–H groups in total. The van der Waals surface area contributed by atoms with Crippen molar-refractivity contribution in [1.29, 1.82) is 0 Å². The summed E-state index contributed by atoms with van der Waals surface area (Å²) >= 11 is 0. The topological polar surface area (TPSA) is 222 Å². The second-order valence-electron chi connectivity index (χ2n) is 27.7. The van der Waals surface area contributed by atoms with Crippen LogP contribution >= 0.6 is 0 Å². The van der Waals surface area contributed by atoms with Crippen molar-refractivity contribution >= 4 is 10.4 Å². The Bertz CT molecular complexity index is 951. The molecule has 0 atom stereocenters. The number of aliphatic hydroxyl groups is 7. The second-order valence-corrected chi connectivity index (χ2v) is 28.6. The van der Waals surface area contributed by atoms with Crippen LogP contribution in [0.3, 0.4) is 0 Å². The van der Waals surface area contributed by atoms with Gasteiger partial charge in [-0.3, -0.25) is 8.42 Å². The van der Waals surface area contributed by atoms with Crippen molar-refractivity contribution < 1.29 is 112 Å². The quantitative estimate of drug-likeness (QED) is 0.0131. The molecule has 0 aliphatic carbocycles. The summed E-state index contributed by atoms with van der Waals surface area (Å²) in [7, 11) is -5.17. The molecule has 98 heavy (non-hydrogen) atoms. The van der Waals surface area contributed by atoms with Crippen molar-refractivity contribution in [2.24, 2.45) is 0 Å². The Labute approximate surface area is 661 Å². The van der Waals surface area contributed by atoms with Gasteiger partial charge in [-0.2, -0.15) is 0 Å². The molecule has 0 aromatic carbocycles. The summed E-state index contributed by atoms with van der Waals surface area (Å²) in [6.07, 6.45) is 93.1. The molecule has 0 spiro atoms. The monoisotopic (exact) mass is 1450 g/mol. The van der Waals surface area contributed by atoms with Crippen molar-refractivity contribution in [1.82, 2.24) is 0 Å². The zero-order chi connectivity index (χ0) is 72.9. The van der Waals surface area contributed by atoms with Crippen LogP contribution in [-0.4, -0.2) is 99.5 Å². The van der Waals surface area contributed by atoms with E-state index in [0.29, 0.717) is 46.2 Å². The Balaban J connectivity index is -0.000000113. The molecule has 0 heterocycles. The first-order chi connectivity index (χ1) is 46.9. The van der Waals surface area contributed by atoms with Crippen LogP contribution in [0.5, 0.6) is 0 Å². The van der Waals surface area contributed by atoms with Gasteiger partial charge in [0, 0.05) is 56.6 Å². The fraction of sp³-hybridized carbons (Fsp3) is 1.00. The third kappa shape index (κ3) is 178. The van der Waals surface area contributed by atoms with Crippen LogP contribution in [0.25, 0.3) is 0 Å². The number of aliphatic hydroxyl groups excluding tert-OH is 7. The summed E-state index contributed by atoms with van der Waals surface area (Å²) < 4.78 is 34.1. The van der Waals surface area contributed by atoms with Crippen molar-refractivity contribution in [3.63, 3.8) is 0 Å². The van der Waals surface area contributed by atoms with Gasteiger partial charge in [-0.05, 0) is 44.9 Å². The Morgan fingerprint density at radius 2 is 0.204 bits per heavy atom. The average molecular weight is 1450 g/mol. The van der Waals surface area contributed by atoms with E-state index < -0.39 is 10.4 Å². The van der Waals surface area contributed by atoms with E-state index in [1.54, 1.807) is 0 Å². The normalized spacial score (nSPS) is 10.4. The SMILES string of the molecule is CCCCCCCCCCCCO.CCCCCCCCCCCCO.CCCCCCCCCCCCO.CCCCCCCCCCCCO.CCCCCCCCCCCCO.CCCCCCCCCCCCO.CCCCCCCCCCCCO.O=S(=O)([O-])[O-].[Na+].[Na+]. The maximum atomic E-state index is 8.57. The van der Waals surface area contributed by atoms with Gasteiger partial charge in [-0.1, -0.05) is 453 Å². The van der Waals surface area contributed by atoms with Gasteiger partial charge in [0.25, 0.3) is 0 Å². The van der Waals surface area contributed by atoms with Crippen LogP contribution in [0.1, 0.15) is 498 Å².